The quantitative estimate of drug-likeness (QED) is 0.610. The van der Waals surface area contributed by atoms with Crippen molar-refractivity contribution in [3.63, 3.8) is 0 Å². The van der Waals surface area contributed by atoms with Crippen LogP contribution >= 0.6 is 0 Å². The van der Waals surface area contributed by atoms with E-state index < -0.39 is 9.84 Å². The summed E-state index contributed by atoms with van der Waals surface area (Å²) < 4.78 is 33.9. The Kier molecular flexibility index (Phi) is 4.36. The minimum absolute atomic E-state index is 0.132. The Morgan fingerprint density at radius 3 is 2.39 bits per heavy atom. The lowest BCUT2D eigenvalue weighted by atomic mass is 9.96. The fourth-order valence-corrected chi connectivity index (χ4v) is 4.83. The van der Waals surface area contributed by atoms with E-state index in [1.165, 1.54) is 0 Å². The summed E-state index contributed by atoms with van der Waals surface area (Å²) >= 11 is 0. The van der Waals surface area contributed by atoms with E-state index in [0.717, 1.165) is 18.6 Å². The summed E-state index contributed by atoms with van der Waals surface area (Å²) in [5, 5.41) is 0. The second-order valence-electron chi connectivity index (χ2n) is 6.51. The Morgan fingerprint density at radius 1 is 1.17 bits per heavy atom. The highest BCUT2D eigenvalue weighted by molar-refractivity contribution is 7.91. The highest BCUT2D eigenvalue weighted by Crippen LogP contribution is 2.60. The van der Waals surface area contributed by atoms with Crippen LogP contribution in [0.2, 0.25) is 0 Å². The van der Waals surface area contributed by atoms with Crippen LogP contribution in [0.15, 0.2) is 24.3 Å². The normalized spacial score (nSPS) is 24.1. The van der Waals surface area contributed by atoms with Gasteiger partial charge in [-0.1, -0.05) is 6.92 Å². The molecule has 1 atom stereocenters. The third kappa shape index (κ3) is 3.68. The smallest absolute Gasteiger partial charge is 0.314 e. The molecule has 5 nitrogen and oxygen atoms in total. The van der Waals surface area contributed by atoms with Gasteiger partial charge in [0.05, 0.1) is 24.0 Å². The average molecular weight is 338 g/mol. The molecule has 0 aromatic heterocycles. The molecule has 0 N–H and O–H groups in total. The number of sulfone groups is 1. The maximum absolute atomic E-state index is 12.3. The van der Waals surface area contributed by atoms with Crippen LogP contribution in [0, 0.1) is 11.3 Å². The predicted molar refractivity (Wildman–Crippen MR) is 86.3 cm³/mol. The van der Waals surface area contributed by atoms with E-state index in [4.69, 9.17) is 9.47 Å². The maximum Gasteiger partial charge on any atom is 0.314 e. The molecule has 1 unspecified atom stereocenters. The fraction of sp³-hybridized carbons (Fsp3) is 0.588. The monoisotopic (exact) mass is 338 g/mol. The molecule has 23 heavy (non-hydrogen) atoms. The molecule has 6 heteroatoms. The molecule has 1 aromatic rings. The Labute approximate surface area is 136 Å². The number of hydrogen-bond donors (Lipinski definition) is 0. The van der Waals surface area contributed by atoms with Crippen LogP contribution in [0.5, 0.6) is 11.5 Å². The molecule has 126 valence electrons. The minimum Gasteiger partial charge on any atom is -0.494 e. The van der Waals surface area contributed by atoms with Crippen molar-refractivity contribution < 1.29 is 22.7 Å². The molecule has 2 aliphatic rings. The molecule has 1 heterocycles. The number of rotatable bonds is 5. The van der Waals surface area contributed by atoms with Crippen molar-refractivity contribution in [3.8, 4) is 11.5 Å². The van der Waals surface area contributed by atoms with Crippen molar-refractivity contribution in [2.45, 2.75) is 32.6 Å². The van der Waals surface area contributed by atoms with E-state index in [1.807, 2.05) is 6.92 Å². The van der Waals surface area contributed by atoms with Crippen LogP contribution in [-0.2, 0) is 14.6 Å². The van der Waals surface area contributed by atoms with E-state index in [1.54, 1.807) is 24.3 Å². The molecule has 1 aromatic carbocycles. The summed E-state index contributed by atoms with van der Waals surface area (Å²) in [7, 11) is -2.90. The zero-order valence-corrected chi connectivity index (χ0v) is 14.1. The first kappa shape index (κ1) is 16.3. The largest absolute Gasteiger partial charge is 0.494 e. The molecular weight excluding hydrogens is 316 g/mol. The SMILES string of the molecule is CCCOc1ccc(OC(=O)C2CC23CCS(=O)(=O)CC3)cc1. The van der Waals surface area contributed by atoms with Gasteiger partial charge in [0.1, 0.15) is 21.3 Å². The molecule has 2 fully saturated rings. The van der Waals surface area contributed by atoms with Crippen LogP contribution < -0.4 is 9.47 Å². The van der Waals surface area contributed by atoms with Gasteiger partial charge in [-0.15, -0.1) is 0 Å². The summed E-state index contributed by atoms with van der Waals surface area (Å²) in [6, 6.07) is 7.02. The molecule has 0 bridgehead atoms. The highest BCUT2D eigenvalue weighted by atomic mass is 32.2. The van der Waals surface area contributed by atoms with Gasteiger partial charge in [-0.05, 0) is 55.4 Å². The first-order valence-electron chi connectivity index (χ1n) is 8.09. The molecule has 1 spiro atoms. The lowest BCUT2D eigenvalue weighted by molar-refractivity contribution is -0.136. The Bertz CT molecular complexity index is 663. The van der Waals surface area contributed by atoms with Gasteiger partial charge in [0, 0.05) is 0 Å². The summed E-state index contributed by atoms with van der Waals surface area (Å²) in [6.07, 6.45) is 2.85. The number of carbonyl (C=O) groups excluding carboxylic acids is 1. The van der Waals surface area contributed by atoms with Gasteiger partial charge in [-0.2, -0.15) is 0 Å². The minimum atomic E-state index is -2.90. The number of benzene rings is 1. The third-order valence-corrected chi connectivity index (χ3v) is 6.46. The lowest BCUT2D eigenvalue weighted by Gasteiger charge is -2.22. The number of ether oxygens (including phenoxy) is 2. The van der Waals surface area contributed by atoms with E-state index in [-0.39, 0.29) is 28.8 Å². The average Bonchev–Trinajstić information content (AvgIpc) is 3.25. The molecular formula is C17H22O5S. The van der Waals surface area contributed by atoms with Crippen molar-refractivity contribution in [2.75, 3.05) is 18.1 Å². The van der Waals surface area contributed by atoms with Gasteiger partial charge >= 0.3 is 5.97 Å². The van der Waals surface area contributed by atoms with Crippen LogP contribution in [0.3, 0.4) is 0 Å². The van der Waals surface area contributed by atoms with Crippen molar-refractivity contribution in [3.05, 3.63) is 24.3 Å². The van der Waals surface area contributed by atoms with Crippen LogP contribution in [0.1, 0.15) is 32.6 Å². The van der Waals surface area contributed by atoms with Crippen LogP contribution in [-0.4, -0.2) is 32.5 Å². The first-order valence-corrected chi connectivity index (χ1v) is 9.91. The van der Waals surface area contributed by atoms with Gasteiger partial charge in [0.15, 0.2) is 0 Å². The van der Waals surface area contributed by atoms with Gasteiger partial charge in [0.2, 0.25) is 0 Å². The molecule has 1 aliphatic carbocycles. The Balaban J connectivity index is 1.54. The number of esters is 1. The predicted octanol–water partition coefficient (Wildman–Crippen LogP) is 2.60. The van der Waals surface area contributed by atoms with Crippen molar-refractivity contribution >= 4 is 15.8 Å². The van der Waals surface area contributed by atoms with Gasteiger partial charge in [-0.3, -0.25) is 4.79 Å². The molecule has 1 saturated heterocycles. The topological polar surface area (TPSA) is 69.7 Å². The zero-order valence-electron chi connectivity index (χ0n) is 13.3. The fourth-order valence-electron chi connectivity index (χ4n) is 3.19. The zero-order chi connectivity index (χ0) is 16.5. The van der Waals surface area contributed by atoms with Gasteiger partial charge in [0.25, 0.3) is 0 Å². The lowest BCUT2D eigenvalue weighted by Crippen LogP contribution is -2.27. The molecule has 1 saturated carbocycles. The van der Waals surface area contributed by atoms with Gasteiger partial charge in [-0.25, -0.2) is 8.42 Å². The molecule has 0 radical (unpaired) electrons. The summed E-state index contributed by atoms with van der Waals surface area (Å²) in [5.74, 6) is 1.25. The Hall–Kier alpha value is -1.56. The summed E-state index contributed by atoms with van der Waals surface area (Å²) in [4.78, 5) is 12.3. The van der Waals surface area contributed by atoms with Gasteiger partial charge < -0.3 is 9.47 Å². The van der Waals surface area contributed by atoms with Crippen molar-refractivity contribution in [2.24, 2.45) is 11.3 Å². The Morgan fingerprint density at radius 2 is 1.78 bits per heavy atom. The van der Waals surface area contributed by atoms with E-state index in [9.17, 15) is 13.2 Å². The molecule has 3 rings (SSSR count). The second kappa shape index (κ2) is 6.15. The number of carbonyl (C=O) groups is 1. The standard InChI is InChI=1S/C17H22O5S/c1-2-9-21-13-3-5-14(6-4-13)22-16(18)15-12-17(15)7-10-23(19,20)11-8-17/h3-6,15H,2,7-12H2,1H3. The maximum atomic E-state index is 12.3. The second-order valence-corrected chi connectivity index (χ2v) is 8.82. The first-order chi connectivity index (χ1) is 10.9. The third-order valence-electron chi connectivity index (χ3n) is 4.81. The highest BCUT2D eigenvalue weighted by Gasteiger charge is 2.60. The van der Waals surface area contributed by atoms with Crippen LogP contribution in [0.25, 0.3) is 0 Å². The molecule has 1 aliphatic heterocycles. The van der Waals surface area contributed by atoms with E-state index in [0.29, 0.717) is 25.2 Å². The number of hydrogen-bond acceptors (Lipinski definition) is 5. The van der Waals surface area contributed by atoms with Crippen LogP contribution in [0.4, 0.5) is 0 Å². The van der Waals surface area contributed by atoms with E-state index >= 15 is 0 Å². The van der Waals surface area contributed by atoms with Crippen molar-refractivity contribution in [1.82, 2.24) is 0 Å². The van der Waals surface area contributed by atoms with Crippen molar-refractivity contribution in [1.29, 1.82) is 0 Å². The van der Waals surface area contributed by atoms with E-state index in [2.05, 4.69) is 0 Å². The molecule has 0 amide bonds. The summed E-state index contributed by atoms with van der Waals surface area (Å²) in [5.41, 5.74) is -0.132. The summed E-state index contributed by atoms with van der Waals surface area (Å²) in [6.45, 7) is 2.70.